The number of alkyl halides is 3. The van der Waals surface area contributed by atoms with Gasteiger partial charge in [-0.3, -0.25) is 9.69 Å². The molecule has 3 aromatic rings. The summed E-state index contributed by atoms with van der Waals surface area (Å²) in [6.07, 6.45) is -4.45. The molecule has 32 heavy (non-hydrogen) atoms. The van der Waals surface area contributed by atoms with Crippen LogP contribution in [0.15, 0.2) is 47.0 Å². The lowest BCUT2D eigenvalue weighted by molar-refractivity contribution is -0.137. The SMILES string of the molecule is Cc1ccc(C(=O)N2CCN(Cc3nc(-c4cccc(C(F)(F)F)c4)no3)CC2)c(O)c1. The Kier molecular flexibility index (Phi) is 5.88. The maximum atomic E-state index is 12.9. The summed E-state index contributed by atoms with van der Waals surface area (Å²) in [6, 6.07) is 9.72. The summed E-state index contributed by atoms with van der Waals surface area (Å²) in [6.45, 7) is 4.19. The van der Waals surface area contributed by atoms with E-state index in [9.17, 15) is 23.1 Å². The zero-order valence-corrected chi connectivity index (χ0v) is 17.3. The van der Waals surface area contributed by atoms with Gasteiger partial charge in [-0.15, -0.1) is 0 Å². The fourth-order valence-electron chi connectivity index (χ4n) is 3.56. The van der Waals surface area contributed by atoms with E-state index in [-0.39, 0.29) is 34.5 Å². The maximum Gasteiger partial charge on any atom is 0.416 e. The van der Waals surface area contributed by atoms with Gasteiger partial charge in [0.1, 0.15) is 5.75 Å². The van der Waals surface area contributed by atoms with Crippen LogP contribution < -0.4 is 0 Å². The number of amides is 1. The lowest BCUT2D eigenvalue weighted by Gasteiger charge is -2.34. The third kappa shape index (κ3) is 4.75. The highest BCUT2D eigenvalue weighted by Crippen LogP contribution is 2.31. The summed E-state index contributed by atoms with van der Waals surface area (Å²) in [5.41, 5.74) is 0.588. The van der Waals surface area contributed by atoms with Gasteiger partial charge in [0.15, 0.2) is 0 Å². The number of aromatic hydroxyl groups is 1. The van der Waals surface area contributed by atoms with Gasteiger partial charge in [0.2, 0.25) is 11.7 Å². The summed E-state index contributed by atoms with van der Waals surface area (Å²) >= 11 is 0. The molecular formula is C22H21F3N4O3. The smallest absolute Gasteiger partial charge is 0.416 e. The number of phenolic OH excluding ortho intramolecular Hbond substituents is 1. The first-order chi connectivity index (χ1) is 15.2. The van der Waals surface area contributed by atoms with Crippen LogP contribution in [0.3, 0.4) is 0 Å². The van der Waals surface area contributed by atoms with Crippen LogP contribution in [-0.4, -0.2) is 57.1 Å². The van der Waals surface area contributed by atoms with E-state index in [1.807, 2.05) is 11.8 Å². The highest BCUT2D eigenvalue weighted by atomic mass is 19.4. The average Bonchev–Trinajstić information content (AvgIpc) is 3.22. The number of carbonyl (C=O) groups is 1. The number of hydrogen-bond acceptors (Lipinski definition) is 6. The molecule has 0 saturated carbocycles. The van der Waals surface area contributed by atoms with Crippen LogP contribution >= 0.6 is 0 Å². The first kappa shape index (κ1) is 21.8. The van der Waals surface area contributed by atoms with Crippen molar-refractivity contribution in [2.75, 3.05) is 26.2 Å². The molecule has 1 fully saturated rings. The number of carbonyl (C=O) groups excluding carboxylic acids is 1. The van der Waals surface area contributed by atoms with Gasteiger partial charge in [0, 0.05) is 31.7 Å². The van der Waals surface area contributed by atoms with E-state index >= 15 is 0 Å². The van der Waals surface area contributed by atoms with E-state index in [0.717, 1.165) is 17.7 Å². The minimum atomic E-state index is -4.45. The lowest BCUT2D eigenvalue weighted by atomic mass is 10.1. The summed E-state index contributed by atoms with van der Waals surface area (Å²) in [5.74, 6) is 0.111. The third-order valence-corrected chi connectivity index (χ3v) is 5.32. The van der Waals surface area contributed by atoms with Gasteiger partial charge in [-0.2, -0.15) is 18.2 Å². The van der Waals surface area contributed by atoms with Gasteiger partial charge in [0.05, 0.1) is 17.7 Å². The minimum Gasteiger partial charge on any atom is -0.507 e. The molecule has 0 radical (unpaired) electrons. The molecule has 1 aromatic heterocycles. The van der Waals surface area contributed by atoms with Crippen molar-refractivity contribution < 1.29 is 27.6 Å². The number of aromatic nitrogens is 2. The zero-order valence-electron chi connectivity index (χ0n) is 17.3. The molecule has 0 aliphatic carbocycles. The van der Waals surface area contributed by atoms with Crippen LogP contribution in [0.2, 0.25) is 0 Å². The quantitative estimate of drug-likeness (QED) is 0.658. The van der Waals surface area contributed by atoms with Crippen molar-refractivity contribution in [1.82, 2.24) is 19.9 Å². The molecule has 2 heterocycles. The fourth-order valence-corrected chi connectivity index (χ4v) is 3.56. The van der Waals surface area contributed by atoms with Crippen molar-refractivity contribution in [3.05, 3.63) is 65.0 Å². The molecule has 0 spiro atoms. The fraction of sp³-hybridized carbons (Fsp3) is 0.318. The number of benzene rings is 2. The van der Waals surface area contributed by atoms with Crippen LogP contribution in [0, 0.1) is 6.92 Å². The van der Waals surface area contributed by atoms with E-state index in [0.29, 0.717) is 32.7 Å². The number of phenols is 1. The number of aryl methyl sites for hydroxylation is 1. The van der Waals surface area contributed by atoms with Crippen molar-refractivity contribution in [2.45, 2.75) is 19.6 Å². The summed E-state index contributed by atoms with van der Waals surface area (Å²) in [5, 5.41) is 13.9. The molecule has 1 saturated heterocycles. The summed E-state index contributed by atoms with van der Waals surface area (Å²) < 4.78 is 44.0. The molecular weight excluding hydrogens is 425 g/mol. The zero-order chi connectivity index (χ0) is 22.9. The standard InChI is InChI=1S/C22H21F3N4O3/c1-14-5-6-17(18(30)11-14)21(31)29-9-7-28(8-10-29)13-19-26-20(27-32-19)15-3-2-4-16(12-15)22(23,24)25/h2-6,11-12,30H,7-10,13H2,1H3. The number of hydrogen-bond donors (Lipinski definition) is 1. The third-order valence-electron chi connectivity index (χ3n) is 5.32. The van der Waals surface area contributed by atoms with E-state index < -0.39 is 11.7 Å². The molecule has 0 atom stereocenters. The molecule has 7 nitrogen and oxygen atoms in total. The molecule has 1 N–H and O–H groups in total. The topological polar surface area (TPSA) is 82.7 Å². The Hall–Kier alpha value is -3.40. The van der Waals surface area contributed by atoms with Crippen molar-refractivity contribution in [3.8, 4) is 17.1 Å². The largest absolute Gasteiger partial charge is 0.507 e. The van der Waals surface area contributed by atoms with Gasteiger partial charge < -0.3 is 14.5 Å². The highest BCUT2D eigenvalue weighted by Gasteiger charge is 2.31. The molecule has 0 unspecified atom stereocenters. The Morgan fingerprint density at radius 1 is 1.12 bits per heavy atom. The molecule has 1 amide bonds. The Morgan fingerprint density at radius 2 is 1.88 bits per heavy atom. The predicted octanol–water partition coefficient (Wildman–Crippen LogP) is 3.73. The molecule has 4 rings (SSSR count). The van der Waals surface area contributed by atoms with Crippen molar-refractivity contribution in [1.29, 1.82) is 0 Å². The van der Waals surface area contributed by atoms with Crippen LogP contribution in [0.5, 0.6) is 5.75 Å². The maximum absolute atomic E-state index is 12.9. The van der Waals surface area contributed by atoms with E-state index in [1.165, 1.54) is 12.1 Å². The van der Waals surface area contributed by atoms with E-state index in [4.69, 9.17) is 4.52 Å². The molecule has 1 aliphatic rings. The second kappa shape index (κ2) is 8.62. The molecule has 2 aromatic carbocycles. The number of nitrogens with zero attached hydrogens (tertiary/aromatic N) is 4. The van der Waals surface area contributed by atoms with Crippen molar-refractivity contribution >= 4 is 5.91 Å². The number of halogens is 3. The Labute approximate surface area is 182 Å². The lowest BCUT2D eigenvalue weighted by Crippen LogP contribution is -2.48. The van der Waals surface area contributed by atoms with E-state index in [2.05, 4.69) is 10.1 Å². The molecule has 1 aliphatic heterocycles. The Morgan fingerprint density at radius 3 is 2.56 bits per heavy atom. The van der Waals surface area contributed by atoms with E-state index in [1.54, 1.807) is 23.1 Å². The van der Waals surface area contributed by atoms with Gasteiger partial charge in [0.25, 0.3) is 5.91 Å². The first-order valence-corrected chi connectivity index (χ1v) is 10.0. The second-order valence-corrected chi connectivity index (χ2v) is 7.68. The van der Waals surface area contributed by atoms with Crippen molar-refractivity contribution in [2.24, 2.45) is 0 Å². The predicted molar refractivity (Wildman–Crippen MR) is 109 cm³/mol. The van der Waals surface area contributed by atoms with Gasteiger partial charge in [-0.25, -0.2) is 0 Å². The molecule has 10 heteroatoms. The summed E-state index contributed by atoms with van der Waals surface area (Å²) in [4.78, 5) is 20.6. The Balaban J connectivity index is 1.36. The Bertz CT molecular complexity index is 1120. The number of rotatable bonds is 4. The van der Waals surface area contributed by atoms with Crippen LogP contribution in [0.1, 0.15) is 27.4 Å². The number of piperazine rings is 1. The van der Waals surface area contributed by atoms with Crippen LogP contribution in [0.25, 0.3) is 11.4 Å². The van der Waals surface area contributed by atoms with Crippen LogP contribution in [-0.2, 0) is 12.7 Å². The highest BCUT2D eigenvalue weighted by molar-refractivity contribution is 5.97. The monoisotopic (exact) mass is 446 g/mol. The first-order valence-electron chi connectivity index (χ1n) is 10.0. The normalized spacial score (nSPS) is 15.2. The van der Waals surface area contributed by atoms with Gasteiger partial charge in [-0.1, -0.05) is 23.4 Å². The minimum absolute atomic E-state index is 0.0367. The van der Waals surface area contributed by atoms with Gasteiger partial charge in [-0.05, 0) is 36.8 Å². The molecule has 0 bridgehead atoms. The van der Waals surface area contributed by atoms with Gasteiger partial charge >= 0.3 is 6.18 Å². The molecule has 168 valence electrons. The average molecular weight is 446 g/mol. The summed E-state index contributed by atoms with van der Waals surface area (Å²) in [7, 11) is 0. The van der Waals surface area contributed by atoms with Crippen molar-refractivity contribution in [3.63, 3.8) is 0 Å². The second-order valence-electron chi connectivity index (χ2n) is 7.68. The van der Waals surface area contributed by atoms with Crippen LogP contribution in [0.4, 0.5) is 13.2 Å².